The standard InChI is InChI=1S/C31H60NO7P/c1-6-7-8-9-10-11-12-13-14-15-16-17-18-19-22-36-25-31(37-27(3)33)26(2)38-40(34,35)39-30-23-28-20-21-29(24-30)32(28,4)5/h26,28-31H,6-25H2,1-5H3/p+1. The zero-order chi connectivity index (χ0) is 29.4. The first-order valence-electron chi connectivity index (χ1n) is 16.3. The normalized spacial score (nSPS) is 24.9. The van der Waals surface area contributed by atoms with Crippen molar-refractivity contribution in [2.75, 3.05) is 27.3 Å². The molecule has 2 fully saturated rings. The molecule has 0 radical (unpaired) electrons. The minimum absolute atomic E-state index is 0.123. The number of carbonyl (C=O) groups is 1. The summed E-state index contributed by atoms with van der Waals surface area (Å²) in [7, 11) is 0.157. The van der Waals surface area contributed by atoms with Crippen molar-refractivity contribution in [2.45, 2.75) is 167 Å². The van der Waals surface area contributed by atoms with Crippen LogP contribution in [0.4, 0.5) is 0 Å². The summed E-state index contributed by atoms with van der Waals surface area (Å²) in [6.45, 7) is 5.90. The number of nitrogens with zero attached hydrogens (tertiary/aromatic N) is 1. The molecule has 2 saturated heterocycles. The Hall–Kier alpha value is -0.500. The lowest BCUT2D eigenvalue weighted by molar-refractivity contribution is -0.931. The molecule has 1 N–H and O–H groups in total. The number of piperidine rings is 1. The minimum Gasteiger partial charge on any atom is -0.457 e. The van der Waals surface area contributed by atoms with E-state index in [0.717, 1.165) is 43.0 Å². The maximum atomic E-state index is 12.8. The molecule has 0 amide bonds. The van der Waals surface area contributed by atoms with E-state index in [-0.39, 0.29) is 12.7 Å². The zero-order valence-corrected chi connectivity index (χ0v) is 27.2. The number of carbonyl (C=O) groups excluding carboxylic acids is 1. The van der Waals surface area contributed by atoms with Crippen molar-refractivity contribution in [1.29, 1.82) is 0 Å². The van der Waals surface area contributed by atoms with E-state index in [1.54, 1.807) is 6.92 Å². The van der Waals surface area contributed by atoms with Gasteiger partial charge < -0.3 is 18.9 Å². The van der Waals surface area contributed by atoms with Gasteiger partial charge in [0.05, 0.1) is 38.9 Å². The molecule has 0 aliphatic carbocycles. The van der Waals surface area contributed by atoms with Crippen molar-refractivity contribution in [3.05, 3.63) is 0 Å². The lowest BCUT2D eigenvalue weighted by Crippen LogP contribution is -2.55. The van der Waals surface area contributed by atoms with E-state index >= 15 is 0 Å². The third-order valence-electron chi connectivity index (χ3n) is 9.13. The van der Waals surface area contributed by atoms with Crippen LogP contribution in [-0.2, 0) is 27.9 Å². The van der Waals surface area contributed by atoms with Gasteiger partial charge in [0.2, 0.25) is 0 Å². The van der Waals surface area contributed by atoms with Gasteiger partial charge in [-0.25, -0.2) is 4.57 Å². The number of ether oxygens (including phenoxy) is 2. The van der Waals surface area contributed by atoms with Crippen LogP contribution in [0.2, 0.25) is 0 Å². The Balaban J connectivity index is 1.56. The van der Waals surface area contributed by atoms with Crippen LogP contribution in [0, 0.1) is 0 Å². The van der Waals surface area contributed by atoms with Crippen LogP contribution < -0.4 is 0 Å². The Kier molecular flexibility index (Phi) is 16.9. The highest BCUT2D eigenvalue weighted by atomic mass is 31.2. The quantitative estimate of drug-likeness (QED) is 0.0564. The fraction of sp³-hybridized carbons (Fsp3) is 0.968. The molecule has 2 aliphatic rings. The Morgan fingerprint density at radius 3 is 1.82 bits per heavy atom. The van der Waals surface area contributed by atoms with Gasteiger partial charge in [-0.15, -0.1) is 0 Å². The van der Waals surface area contributed by atoms with E-state index in [0.29, 0.717) is 18.7 Å². The zero-order valence-electron chi connectivity index (χ0n) is 26.3. The second-order valence-corrected chi connectivity index (χ2v) is 14.2. The summed E-state index contributed by atoms with van der Waals surface area (Å²) in [5.41, 5.74) is 0. The number of hydrogen-bond acceptors (Lipinski definition) is 6. The average Bonchev–Trinajstić information content (AvgIpc) is 3.02. The van der Waals surface area contributed by atoms with Crippen LogP contribution in [0.1, 0.15) is 136 Å². The van der Waals surface area contributed by atoms with Gasteiger partial charge in [0, 0.05) is 39.2 Å². The van der Waals surface area contributed by atoms with E-state index in [1.165, 1.54) is 84.0 Å². The molecular formula is C31H61NO7P+. The highest BCUT2D eigenvalue weighted by Crippen LogP contribution is 2.51. The monoisotopic (exact) mass is 590 g/mol. The lowest BCUT2D eigenvalue weighted by atomic mass is 9.98. The van der Waals surface area contributed by atoms with Crippen molar-refractivity contribution in [3.63, 3.8) is 0 Å². The van der Waals surface area contributed by atoms with Crippen molar-refractivity contribution in [1.82, 2.24) is 0 Å². The van der Waals surface area contributed by atoms with Crippen molar-refractivity contribution in [2.24, 2.45) is 0 Å². The molecular weight excluding hydrogens is 529 g/mol. The van der Waals surface area contributed by atoms with Gasteiger partial charge >= 0.3 is 13.8 Å². The highest BCUT2D eigenvalue weighted by Gasteiger charge is 2.50. The predicted octanol–water partition coefficient (Wildman–Crippen LogP) is 7.71. The van der Waals surface area contributed by atoms with Crippen LogP contribution >= 0.6 is 7.82 Å². The van der Waals surface area contributed by atoms with Gasteiger partial charge in [-0.3, -0.25) is 13.8 Å². The van der Waals surface area contributed by atoms with Crippen LogP contribution in [-0.4, -0.2) is 73.1 Å². The Morgan fingerprint density at radius 2 is 1.35 bits per heavy atom. The fourth-order valence-electron chi connectivity index (χ4n) is 6.48. The molecule has 9 heteroatoms. The second-order valence-electron chi connectivity index (χ2n) is 12.8. The maximum absolute atomic E-state index is 12.8. The topological polar surface area (TPSA) is 91.3 Å². The summed E-state index contributed by atoms with van der Waals surface area (Å²) < 4.78 is 36.0. The summed E-state index contributed by atoms with van der Waals surface area (Å²) in [4.78, 5) is 22.1. The largest absolute Gasteiger partial charge is 0.472 e. The minimum atomic E-state index is -4.31. The summed E-state index contributed by atoms with van der Waals surface area (Å²) in [5.74, 6) is -0.474. The summed E-state index contributed by atoms with van der Waals surface area (Å²) >= 11 is 0. The molecule has 0 aromatic rings. The summed E-state index contributed by atoms with van der Waals surface area (Å²) in [5, 5.41) is 0. The fourth-order valence-corrected chi connectivity index (χ4v) is 7.64. The van der Waals surface area contributed by atoms with Crippen LogP contribution in [0.5, 0.6) is 0 Å². The first-order valence-corrected chi connectivity index (χ1v) is 17.8. The smallest absolute Gasteiger partial charge is 0.457 e. The Bertz CT molecular complexity index is 733. The number of rotatable bonds is 23. The Morgan fingerprint density at radius 1 is 0.875 bits per heavy atom. The molecule has 2 aliphatic heterocycles. The van der Waals surface area contributed by atoms with E-state index in [4.69, 9.17) is 18.5 Å². The molecule has 236 valence electrons. The molecule has 8 nitrogen and oxygen atoms in total. The molecule has 0 spiro atoms. The third kappa shape index (κ3) is 13.6. The molecule has 2 rings (SSSR count). The van der Waals surface area contributed by atoms with Crippen LogP contribution in [0.25, 0.3) is 0 Å². The summed E-state index contributed by atoms with van der Waals surface area (Å²) in [6, 6.07) is 0.886. The van der Waals surface area contributed by atoms with Gasteiger partial charge in [-0.2, -0.15) is 0 Å². The predicted molar refractivity (Wildman–Crippen MR) is 160 cm³/mol. The first kappa shape index (κ1) is 35.7. The molecule has 2 heterocycles. The van der Waals surface area contributed by atoms with E-state index in [2.05, 4.69) is 21.0 Å². The van der Waals surface area contributed by atoms with Crippen molar-refractivity contribution < 1.29 is 37.3 Å². The maximum Gasteiger partial charge on any atom is 0.472 e. The van der Waals surface area contributed by atoms with E-state index in [9.17, 15) is 14.3 Å². The molecule has 40 heavy (non-hydrogen) atoms. The number of phosphoric ester groups is 1. The average molecular weight is 591 g/mol. The molecule has 5 atom stereocenters. The number of unbranched alkanes of at least 4 members (excludes halogenated alkanes) is 13. The molecule has 0 aromatic carbocycles. The molecule has 2 bridgehead atoms. The number of hydrogen-bond donors (Lipinski definition) is 1. The van der Waals surface area contributed by atoms with Gasteiger partial charge in [0.1, 0.15) is 6.10 Å². The van der Waals surface area contributed by atoms with Gasteiger partial charge in [-0.1, -0.05) is 90.4 Å². The number of esters is 1. The molecule has 0 saturated carbocycles. The lowest BCUT2D eigenvalue weighted by Gasteiger charge is -2.44. The first-order chi connectivity index (χ1) is 19.0. The second kappa shape index (κ2) is 18.9. The number of phosphoric acid groups is 1. The van der Waals surface area contributed by atoms with E-state index < -0.39 is 26.0 Å². The van der Waals surface area contributed by atoms with Gasteiger partial charge in [0.25, 0.3) is 0 Å². The van der Waals surface area contributed by atoms with Gasteiger partial charge in [-0.05, 0) is 13.3 Å². The third-order valence-corrected chi connectivity index (χ3v) is 10.3. The SMILES string of the molecule is CCCCCCCCCCCCCCCCOCC(OC(C)=O)C(C)OP(=O)(O)OC1CC2CCC(C1)[N+]2(C)C. The number of quaternary nitrogens is 1. The Labute approximate surface area is 245 Å². The van der Waals surface area contributed by atoms with Gasteiger partial charge in [0.15, 0.2) is 6.10 Å². The van der Waals surface area contributed by atoms with Crippen molar-refractivity contribution in [3.8, 4) is 0 Å². The molecule has 5 unspecified atom stereocenters. The van der Waals surface area contributed by atoms with Crippen molar-refractivity contribution >= 4 is 13.8 Å². The van der Waals surface area contributed by atoms with E-state index in [1.807, 2.05) is 0 Å². The highest BCUT2D eigenvalue weighted by molar-refractivity contribution is 7.47. The summed E-state index contributed by atoms with van der Waals surface area (Å²) in [6.07, 6.45) is 20.0. The van der Waals surface area contributed by atoms with Crippen LogP contribution in [0.3, 0.4) is 0 Å². The van der Waals surface area contributed by atoms with Crippen LogP contribution in [0.15, 0.2) is 0 Å². The molecule has 0 aromatic heterocycles. The number of fused-ring (bicyclic) bond motifs is 2.